The average Bonchev–Trinajstić information content (AvgIpc) is 2.59. The molecule has 0 amide bonds. The highest BCUT2D eigenvalue weighted by Gasteiger charge is 2.28. The summed E-state index contributed by atoms with van der Waals surface area (Å²) in [4.78, 5) is 0. The first-order valence-electron chi connectivity index (χ1n) is 5.46. The number of ether oxygens (including phenoxy) is 1. The standard InChI is InChI=1S/C11H21N3O2/c1-7(2)8(5-12)11(15)10-9(16-4)6-13-14(10)3/h6-8,11,15H,5,12H2,1-4H3. The van der Waals surface area contributed by atoms with Gasteiger partial charge in [0.25, 0.3) is 0 Å². The summed E-state index contributed by atoms with van der Waals surface area (Å²) in [7, 11) is 3.36. The predicted octanol–water partition coefficient (Wildman–Crippen LogP) is 0.693. The van der Waals surface area contributed by atoms with E-state index in [1.165, 1.54) is 0 Å². The summed E-state index contributed by atoms with van der Waals surface area (Å²) >= 11 is 0. The molecule has 1 aromatic rings. The maximum atomic E-state index is 10.3. The number of nitrogens with two attached hydrogens (primary N) is 1. The molecule has 3 N–H and O–H groups in total. The normalized spacial score (nSPS) is 15.2. The van der Waals surface area contributed by atoms with E-state index in [0.29, 0.717) is 23.9 Å². The van der Waals surface area contributed by atoms with E-state index < -0.39 is 6.10 Å². The highest BCUT2D eigenvalue weighted by Crippen LogP contribution is 2.32. The van der Waals surface area contributed by atoms with Crippen molar-refractivity contribution in [1.82, 2.24) is 9.78 Å². The molecular weight excluding hydrogens is 206 g/mol. The van der Waals surface area contributed by atoms with Crippen LogP contribution in [0.1, 0.15) is 25.6 Å². The van der Waals surface area contributed by atoms with E-state index in [4.69, 9.17) is 10.5 Å². The molecule has 5 heteroatoms. The van der Waals surface area contributed by atoms with Gasteiger partial charge in [-0.3, -0.25) is 4.68 Å². The SMILES string of the molecule is COc1cnn(C)c1C(O)C(CN)C(C)C. The Bertz CT molecular complexity index is 336. The monoisotopic (exact) mass is 227 g/mol. The van der Waals surface area contributed by atoms with E-state index in [9.17, 15) is 5.11 Å². The van der Waals surface area contributed by atoms with Crippen molar-refractivity contribution in [1.29, 1.82) is 0 Å². The van der Waals surface area contributed by atoms with E-state index in [1.54, 1.807) is 25.0 Å². The molecule has 0 aromatic carbocycles. The fourth-order valence-corrected chi connectivity index (χ4v) is 1.89. The van der Waals surface area contributed by atoms with Crippen molar-refractivity contribution in [2.45, 2.75) is 20.0 Å². The topological polar surface area (TPSA) is 73.3 Å². The molecule has 0 aliphatic rings. The minimum absolute atomic E-state index is 0.00398. The van der Waals surface area contributed by atoms with Crippen LogP contribution in [0.4, 0.5) is 0 Å². The Kier molecular flexibility index (Phi) is 4.32. The summed E-state index contributed by atoms with van der Waals surface area (Å²) < 4.78 is 6.81. The third-order valence-corrected chi connectivity index (χ3v) is 2.98. The van der Waals surface area contributed by atoms with E-state index in [-0.39, 0.29) is 5.92 Å². The van der Waals surface area contributed by atoms with Crippen LogP contribution in [0.2, 0.25) is 0 Å². The summed E-state index contributed by atoms with van der Waals surface area (Å²) in [6, 6.07) is 0. The number of rotatable bonds is 5. The van der Waals surface area contributed by atoms with Gasteiger partial charge in [-0.2, -0.15) is 5.10 Å². The number of hydrogen-bond acceptors (Lipinski definition) is 4. The Hall–Kier alpha value is -1.07. The lowest BCUT2D eigenvalue weighted by Gasteiger charge is -2.25. The molecule has 1 rings (SSSR count). The molecule has 0 spiro atoms. The predicted molar refractivity (Wildman–Crippen MR) is 62.1 cm³/mol. The molecule has 2 atom stereocenters. The molecule has 92 valence electrons. The number of nitrogens with zero attached hydrogens (tertiary/aromatic N) is 2. The van der Waals surface area contributed by atoms with Gasteiger partial charge in [-0.25, -0.2) is 0 Å². The van der Waals surface area contributed by atoms with E-state index in [1.807, 2.05) is 13.8 Å². The lowest BCUT2D eigenvalue weighted by molar-refractivity contribution is 0.0764. The van der Waals surface area contributed by atoms with Crippen molar-refractivity contribution >= 4 is 0 Å². The number of aryl methyl sites for hydroxylation is 1. The average molecular weight is 227 g/mol. The van der Waals surface area contributed by atoms with Crippen LogP contribution in [0.5, 0.6) is 5.75 Å². The Morgan fingerprint density at radius 1 is 1.56 bits per heavy atom. The summed E-state index contributed by atoms with van der Waals surface area (Å²) in [5.74, 6) is 0.915. The van der Waals surface area contributed by atoms with Gasteiger partial charge in [0.1, 0.15) is 11.8 Å². The second kappa shape index (κ2) is 5.32. The number of aromatic nitrogens is 2. The fourth-order valence-electron chi connectivity index (χ4n) is 1.89. The van der Waals surface area contributed by atoms with Gasteiger partial charge in [0.15, 0.2) is 5.75 Å². The van der Waals surface area contributed by atoms with Gasteiger partial charge in [-0.05, 0) is 12.5 Å². The minimum Gasteiger partial charge on any atom is -0.493 e. The molecule has 1 heterocycles. The Balaban J connectivity index is 3.02. The minimum atomic E-state index is -0.646. The number of methoxy groups -OCH3 is 1. The molecule has 2 unspecified atom stereocenters. The zero-order chi connectivity index (χ0) is 12.3. The summed E-state index contributed by atoms with van der Waals surface area (Å²) in [6.45, 7) is 4.53. The van der Waals surface area contributed by atoms with Gasteiger partial charge in [-0.15, -0.1) is 0 Å². The first kappa shape index (κ1) is 13.0. The van der Waals surface area contributed by atoms with Crippen LogP contribution in [0.15, 0.2) is 6.20 Å². The van der Waals surface area contributed by atoms with Gasteiger partial charge in [0.2, 0.25) is 0 Å². The highest BCUT2D eigenvalue weighted by atomic mass is 16.5. The van der Waals surface area contributed by atoms with Crippen molar-refractivity contribution in [3.8, 4) is 5.75 Å². The van der Waals surface area contributed by atoms with Gasteiger partial charge in [0.05, 0.1) is 13.3 Å². The van der Waals surface area contributed by atoms with Crippen LogP contribution in [-0.2, 0) is 7.05 Å². The van der Waals surface area contributed by atoms with Crippen LogP contribution in [-0.4, -0.2) is 28.5 Å². The first-order valence-corrected chi connectivity index (χ1v) is 5.46. The maximum absolute atomic E-state index is 10.3. The smallest absolute Gasteiger partial charge is 0.162 e. The van der Waals surface area contributed by atoms with Gasteiger partial charge >= 0.3 is 0 Å². The lowest BCUT2D eigenvalue weighted by Crippen LogP contribution is -2.28. The second-order valence-electron chi connectivity index (χ2n) is 4.31. The Morgan fingerprint density at radius 3 is 2.62 bits per heavy atom. The van der Waals surface area contributed by atoms with Crippen molar-refractivity contribution in [3.63, 3.8) is 0 Å². The molecule has 0 aliphatic carbocycles. The third kappa shape index (κ3) is 2.36. The quantitative estimate of drug-likeness (QED) is 0.776. The second-order valence-corrected chi connectivity index (χ2v) is 4.31. The number of aliphatic hydroxyl groups excluding tert-OH is 1. The Morgan fingerprint density at radius 2 is 2.19 bits per heavy atom. The van der Waals surface area contributed by atoms with Crippen LogP contribution < -0.4 is 10.5 Å². The zero-order valence-electron chi connectivity index (χ0n) is 10.3. The molecule has 0 fully saturated rings. The molecule has 0 bridgehead atoms. The van der Waals surface area contributed by atoms with E-state index in [2.05, 4.69) is 5.10 Å². The summed E-state index contributed by atoms with van der Waals surface area (Å²) in [5.41, 5.74) is 6.38. The molecule has 16 heavy (non-hydrogen) atoms. The third-order valence-electron chi connectivity index (χ3n) is 2.98. The highest BCUT2D eigenvalue weighted by molar-refractivity contribution is 5.27. The van der Waals surface area contributed by atoms with Crippen molar-refractivity contribution < 1.29 is 9.84 Å². The molecule has 0 aliphatic heterocycles. The molecule has 0 radical (unpaired) electrons. The van der Waals surface area contributed by atoms with Crippen LogP contribution in [0.3, 0.4) is 0 Å². The largest absolute Gasteiger partial charge is 0.493 e. The molecule has 5 nitrogen and oxygen atoms in total. The van der Waals surface area contributed by atoms with Crippen molar-refractivity contribution in [2.24, 2.45) is 24.6 Å². The first-order chi connectivity index (χ1) is 7.52. The lowest BCUT2D eigenvalue weighted by atomic mass is 9.88. The van der Waals surface area contributed by atoms with Crippen LogP contribution in [0.25, 0.3) is 0 Å². The van der Waals surface area contributed by atoms with Crippen LogP contribution >= 0.6 is 0 Å². The maximum Gasteiger partial charge on any atom is 0.162 e. The van der Waals surface area contributed by atoms with Gasteiger partial charge in [-0.1, -0.05) is 13.8 Å². The summed E-state index contributed by atoms with van der Waals surface area (Å²) in [6.07, 6.45) is 0.958. The van der Waals surface area contributed by atoms with Gasteiger partial charge in [0, 0.05) is 13.0 Å². The molecular formula is C11H21N3O2. The number of hydrogen-bond donors (Lipinski definition) is 2. The number of aliphatic hydroxyl groups is 1. The molecule has 1 aromatic heterocycles. The molecule has 0 saturated carbocycles. The van der Waals surface area contributed by atoms with Crippen LogP contribution in [0, 0.1) is 11.8 Å². The van der Waals surface area contributed by atoms with Gasteiger partial charge < -0.3 is 15.6 Å². The Labute approximate surface area is 96.2 Å². The zero-order valence-corrected chi connectivity index (χ0v) is 10.3. The fraction of sp³-hybridized carbons (Fsp3) is 0.727. The van der Waals surface area contributed by atoms with E-state index in [0.717, 1.165) is 0 Å². The molecule has 0 saturated heterocycles. The van der Waals surface area contributed by atoms with Crippen molar-refractivity contribution in [3.05, 3.63) is 11.9 Å². The van der Waals surface area contributed by atoms with Crippen molar-refractivity contribution in [2.75, 3.05) is 13.7 Å². The summed E-state index contributed by atoms with van der Waals surface area (Å²) in [5, 5.41) is 14.4. The van der Waals surface area contributed by atoms with E-state index >= 15 is 0 Å².